The van der Waals surface area contributed by atoms with E-state index in [1.807, 2.05) is 30.3 Å². The Bertz CT molecular complexity index is 495. The predicted molar refractivity (Wildman–Crippen MR) is 75.3 cm³/mol. The van der Waals surface area contributed by atoms with Crippen LogP contribution in [0.25, 0.3) is 0 Å². The molecule has 1 aromatic carbocycles. The Morgan fingerprint density at radius 2 is 1.89 bits per heavy atom. The molecule has 1 aliphatic carbocycles. The minimum Gasteiger partial charge on any atom is -0.396 e. The molecule has 0 radical (unpaired) electrons. The molecule has 4 nitrogen and oxygen atoms in total. The van der Waals surface area contributed by atoms with Crippen molar-refractivity contribution in [2.45, 2.75) is 25.7 Å². The van der Waals surface area contributed by atoms with Crippen LogP contribution in [-0.2, 0) is 16.4 Å². The summed E-state index contributed by atoms with van der Waals surface area (Å²) >= 11 is 0. The van der Waals surface area contributed by atoms with Crippen LogP contribution in [0.4, 0.5) is 0 Å². The fourth-order valence-electron chi connectivity index (χ4n) is 2.01. The van der Waals surface area contributed by atoms with Gasteiger partial charge in [-0.1, -0.05) is 30.3 Å². The van der Waals surface area contributed by atoms with Gasteiger partial charge in [0.2, 0.25) is 10.0 Å². The summed E-state index contributed by atoms with van der Waals surface area (Å²) in [6, 6.07) is 9.88. The van der Waals surface area contributed by atoms with Gasteiger partial charge < -0.3 is 5.11 Å². The Morgan fingerprint density at radius 1 is 1.21 bits per heavy atom. The van der Waals surface area contributed by atoms with Crippen molar-refractivity contribution in [2.75, 3.05) is 18.9 Å². The lowest BCUT2D eigenvalue weighted by Gasteiger charge is -2.13. The van der Waals surface area contributed by atoms with E-state index < -0.39 is 10.0 Å². The van der Waals surface area contributed by atoms with Gasteiger partial charge in [0, 0.05) is 18.6 Å². The molecule has 1 aliphatic rings. The third-order valence-corrected chi connectivity index (χ3v) is 5.09. The first-order valence-electron chi connectivity index (χ1n) is 6.67. The van der Waals surface area contributed by atoms with Gasteiger partial charge in [0.1, 0.15) is 0 Å². The highest BCUT2D eigenvalue weighted by Gasteiger charge is 2.42. The van der Waals surface area contributed by atoms with Crippen LogP contribution in [0, 0.1) is 5.41 Å². The first-order valence-corrected chi connectivity index (χ1v) is 8.33. The van der Waals surface area contributed by atoms with Crippen LogP contribution in [0.3, 0.4) is 0 Å². The van der Waals surface area contributed by atoms with E-state index >= 15 is 0 Å². The maximum atomic E-state index is 11.8. The van der Waals surface area contributed by atoms with Crippen molar-refractivity contribution in [1.29, 1.82) is 0 Å². The van der Waals surface area contributed by atoms with Crippen molar-refractivity contribution in [2.24, 2.45) is 5.41 Å². The van der Waals surface area contributed by atoms with E-state index in [4.69, 9.17) is 5.11 Å². The Hall–Kier alpha value is -0.910. The quantitative estimate of drug-likeness (QED) is 0.756. The van der Waals surface area contributed by atoms with Crippen LogP contribution in [-0.4, -0.2) is 32.4 Å². The van der Waals surface area contributed by atoms with Crippen molar-refractivity contribution in [3.63, 3.8) is 0 Å². The lowest BCUT2D eigenvalue weighted by molar-refractivity contribution is 0.213. The monoisotopic (exact) mass is 283 g/mol. The number of rotatable bonds is 8. The van der Waals surface area contributed by atoms with Gasteiger partial charge in [-0.2, -0.15) is 0 Å². The predicted octanol–water partition coefficient (Wildman–Crippen LogP) is 1.31. The number of aliphatic hydroxyl groups is 1. The molecule has 0 unspecified atom stereocenters. The molecule has 5 heteroatoms. The zero-order chi connectivity index (χ0) is 13.8. The van der Waals surface area contributed by atoms with E-state index in [0.717, 1.165) is 24.8 Å². The molecule has 1 aromatic rings. The highest BCUT2D eigenvalue weighted by Crippen LogP contribution is 2.44. The van der Waals surface area contributed by atoms with E-state index in [-0.39, 0.29) is 17.8 Å². The second-order valence-electron chi connectivity index (χ2n) is 5.39. The molecule has 0 heterocycles. The number of sulfonamides is 1. The zero-order valence-corrected chi connectivity index (χ0v) is 11.8. The summed E-state index contributed by atoms with van der Waals surface area (Å²) < 4.78 is 26.2. The molecule has 1 fully saturated rings. The molecule has 0 aromatic heterocycles. The molecule has 0 bridgehead atoms. The number of hydrogen-bond donors (Lipinski definition) is 2. The molecule has 0 aliphatic heterocycles. The normalized spacial score (nSPS) is 17.3. The first-order chi connectivity index (χ1) is 9.05. The average Bonchev–Trinajstić information content (AvgIpc) is 3.18. The van der Waals surface area contributed by atoms with Crippen molar-refractivity contribution >= 4 is 10.0 Å². The molecule has 2 N–H and O–H groups in total. The highest BCUT2D eigenvalue weighted by molar-refractivity contribution is 7.89. The van der Waals surface area contributed by atoms with Crippen LogP contribution in [0.5, 0.6) is 0 Å². The van der Waals surface area contributed by atoms with Crippen molar-refractivity contribution in [3.05, 3.63) is 35.9 Å². The molecule has 1 saturated carbocycles. The Labute approximate surface area is 114 Å². The Balaban J connectivity index is 1.72. The summed E-state index contributed by atoms with van der Waals surface area (Å²) in [5, 5.41) is 9.14. The zero-order valence-electron chi connectivity index (χ0n) is 11.0. The topological polar surface area (TPSA) is 66.4 Å². The summed E-state index contributed by atoms with van der Waals surface area (Å²) in [5.74, 6) is 0.142. The Kier molecular flexibility index (Phi) is 4.60. The molecule has 0 spiro atoms. The highest BCUT2D eigenvalue weighted by atomic mass is 32.2. The fraction of sp³-hybridized carbons (Fsp3) is 0.571. The van der Waals surface area contributed by atoms with Crippen LogP contribution in [0.2, 0.25) is 0 Å². The van der Waals surface area contributed by atoms with Crippen LogP contribution < -0.4 is 4.72 Å². The van der Waals surface area contributed by atoms with Gasteiger partial charge in [0.05, 0.1) is 5.75 Å². The summed E-state index contributed by atoms with van der Waals surface area (Å²) in [5.41, 5.74) is 0.985. The van der Waals surface area contributed by atoms with Crippen molar-refractivity contribution in [3.8, 4) is 0 Å². The standard InChI is InChI=1S/C14H21NO3S/c16-12-14(8-9-14)11-15-19(17,18)10-4-7-13-5-2-1-3-6-13/h1-3,5-6,15-16H,4,7-12H2. The molecule has 2 rings (SSSR count). The lowest BCUT2D eigenvalue weighted by Crippen LogP contribution is -2.33. The molecule has 0 amide bonds. The Morgan fingerprint density at radius 3 is 2.47 bits per heavy atom. The number of hydrogen-bond acceptors (Lipinski definition) is 3. The third kappa shape index (κ3) is 4.60. The fourth-order valence-corrected chi connectivity index (χ4v) is 3.21. The lowest BCUT2D eigenvalue weighted by atomic mass is 10.1. The molecular weight excluding hydrogens is 262 g/mol. The summed E-state index contributed by atoms with van der Waals surface area (Å²) in [6.45, 7) is 0.441. The SMILES string of the molecule is O=S(=O)(CCCc1ccccc1)NCC1(CO)CC1. The van der Waals surface area contributed by atoms with Crippen LogP contribution in [0.1, 0.15) is 24.8 Å². The third-order valence-electron chi connectivity index (χ3n) is 3.68. The number of nitrogens with one attached hydrogen (secondary N) is 1. The van der Waals surface area contributed by atoms with Gasteiger partial charge in [-0.25, -0.2) is 13.1 Å². The van der Waals surface area contributed by atoms with Crippen molar-refractivity contribution < 1.29 is 13.5 Å². The van der Waals surface area contributed by atoms with Gasteiger partial charge in [-0.05, 0) is 31.2 Å². The van der Waals surface area contributed by atoms with E-state index in [9.17, 15) is 8.42 Å². The second kappa shape index (κ2) is 6.03. The summed E-state index contributed by atoms with van der Waals surface area (Å²) in [4.78, 5) is 0. The van der Waals surface area contributed by atoms with Crippen LogP contribution in [0.15, 0.2) is 30.3 Å². The minimum atomic E-state index is -3.22. The largest absolute Gasteiger partial charge is 0.396 e. The molecular formula is C14H21NO3S. The number of aliphatic hydroxyl groups excluding tert-OH is 1. The second-order valence-corrected chi connectivity index (χ2v) is 7.31. The molecule has 19 heavy (non-hydrogen) atoms. The van der Waals surface area contributed by atoms with Gasteiger partial charge in [-0.3, -0.25) is 0 Å². The molecule has 0 atom stereocenters. The summed E-state index contributed by atoms with van der Waals surface area (Å²) in [7, 11) is -3.22. The number of benzene rings is 1. The van der Waals surface area contributed by atoms with Gasteiger partial charge in [0.25, 0.3) is 0 Å². The molecule has 106 valence electrons. The van der Waals surface area contributed by atoms with Crippen molar-refractivity contribution in [1.82, 2.24) is 4.72 Å². The van der Waals surface area contributed by atoms with Gasteiger partial charge in [-0.15, -0.1) is 0 Å². The van der Waals surface area contributed by atoms with Gasteiger partial charge in [0.15, 0.2) is 0 Å². The van der Waals surface area contributed by atoms with E-state index in [1.54, 1.807) is 0 Å². The first kappa shape index (κ1) is 14.5. The maximum Gasteiger partial charge on any atom is 0.211 e. The molecule has 0 saturated heterocycles. The average molecular weight is 283 g/mol. The van der Waals surface area contributed by atoms with E-state index in [2.05, 4.69) is 4.72 Å². The smallest absolute Gasteiger partial charge is 0.211 e. The maximum absolute atomic E-state index is 11.8. The number of aryl methyl sites for hydroxylation is 1. The minimum absolute atomic E-state index is 0.0690. The van der Waals surface area contributed by atoms with E-state index in [0.29, 0.717) is 13.0 Å². The van der Waals surface area contributed by atoms with E-state index in [1.165, 1.54) is 0 Å². The van der Waals surface area contributed by atoms with Crippen LogP contribution >= 0.6 is 0 Å². The van der Waals surface area contributed by atoms with Gasteiger partial charge >= 0.3 is 0 Å². The summed E-state index contributed by atoms with van der Waals surface area (Å²) in [6.07, 6.45) is 3.21.